The van der Waals surface area contributed by atoms with Gasteiger partial charge in [0.25, 0.3) is 0 Å². The Morgan fingerprint density at radius 2 is 2.05 bits per heavy atom. The monoisotopic (exact) mass is 301 g/mol. The summed E-state index contributed by atoms with van der Waals surface area (Å²) in [7, 11) is -2.64. The second kappa shape index (κ2) is 5.14. The number of carbonyl (C=O) groups is 1. The Bertz CT molecular complexity index is 640. The van der Waals surface area contributed by atoms with Gasteiger partial charge in [-0.25, -0.2) is 17.6 Å². The van der Waals surface area contributed by atoms with E-state index in [0.717, 1.165) is 35.3 Å². The average molecular weight is 301 g/mol. The highest BCUT2D eigenvalue weighted by molar-refractivity contribution is 7.89. The molecule has 5 nitrogen and oxygen atoms in total. The highest BCUT2D eigenvalue weighted by atomic mass is 32.2. The maximum Gasteiger partial charge on any atom is 0.335 e. The molecule has 20 heavy (non-hydrogen) atoms. The standard InChI is InChI=1S/C13H16FNO4S/c1-8(9-3-4-9)15(2)20(18,19)12-7-10(13(16)17)5-6-11(12)14/h5-9H,3-4H2,1-2H3,(H,16,17). The molecule has 1 N–H and O–H groups in total. The molecule has 1 atom stereocenters. The second-order valence-electron chi connectivity index (χ2n) is 5.05. The van der Waals surface area contributed by atoms with Gasteiger partial charge in [-0.3, -0.25) is 0 Å². The molecular formula is C13H16FNO4S. The van der Waals surface area contributed by atoms with Gasteiger partial charge in [-0.2, -0.15) is 4.31 Å². The molecule has 1 aliphatic carbocycles. The van der Waals surface area contributed by atoms with Crippen molar-refractivity contribution >= 4 is 16.0 Å². The summed E-state index contributed by atoms with van der Waals surface area (Å²) in [6.07, 6.45) is 1.91. The Kier molecular flexibility index (Phi) is 3.84. The molecule has 1 fully saturated rings. The van der Waals surface area contributed by atoms with Crippen molar-refractivity contribution in [2.75, 3.05) is 7.05 Å². The molecule has 0 saturated heterocycles. The molecule has 0 aromatic heterocycles. The van der Waals surface area contributed by atoms with Crippen molar-refractivity contribution in [2.24, 2.45) is 5.92 Å². The van der Waals surface area contributed by atoms with Gasteiger partial charge in [-0.05, 0) is 43.9 Å². The summed E-state index contributed by atoms with van der Waals surface area (Å²) in [6, 6.07) is 2.55. The summed E-state index contributed by atoms with van der Waals surface area (Å²) in [6.45, 7) is 1.77. The smallest absolute Gasteiger partial charge is 0.335 e. The van der Waals surface area contributed by atoms with Gasteiger partial charge in [-0.1, -0.05) is 0 Å². The number of hydrogen-bond acceptors (Lipinski definition) is 3. The van der Waals surface area contributed by atoms with Gasteiger partial charge in [-0.15, -0.1) is 0 Å². The molecule has 0 aliphatic heterocycles. The predicted molar refractivity (Wildman–Crippen MR) is 70.5 cm³/mol. The zero-order chi connectivity index (χ0) is 15.1. The van der Waals surface area contributed by atoms with Crippen molar-refractivity contribution in [3.63, 3.8) is 0 Å². The van der Waals surface area contributed by atoms with Gasteiger partial charge < -0.3 is 5.11 Å². The molecule has 110 valence electrons. The zero-order valence-corrected chi connectivity index (χ0v) is 12.0. The summed E-state index contributed by atoms with van der Waals surface area (Å²) in [5.74, 6) is -1.94. The van der Waals surface area contributed by atoms with Crippen LogP contribution >= 0.6 is 0 Å². The Morgan fingerprint density at radius 3 is 2.55 bits per heavy atom. The molecule has 0 heterocycles. The lowest BCUT2D eigenvalue weighted by atomic mass is 10.2. The Hall–Kier alpha value is -1.47. The number of sulfonamides is 1. The van der Waals surface area contributed by atoms with Crippen LogP contribution in [0.4, 0.5) is 4.39 Å². The minimum atomic E-state index is -4.03. The first-order chi connectivity index (χ1) is 9.25. The molecule has 2 rings (SSSR count). The summed E-state index contributed by atoms with van der Waals surface area (Å²) < 4.78 is 39.7. The Balaban J connectivity index is 2.42. The van der Waals surface area contributed by atoms with E-state index in [9.17, 15) is 17.6 Å². The van der Waals surface area contributed by atoms with Crippen molar-refractivity contribution in [2.45, 2.75) is 30.7 Å². The van der Waals surface area contributed by atoms with Crippen LogP contribution in [0.5, 0.6) is 0 Å². The number of benzene rings is 1. The van der Waals surface area contributed by atoms with Crippen LogP contribution in [0, 0.1) is 11.7 Å². The van der Waals surface area contributed by atoms with Gasteiger partial charge in [0.15, 0.2) is 0 Å². The minimum Gasteiger partial charge on any atom is -0.478 e. The Labute approximate surface area is 117 Å². The van der Waals surface area contributed by atoms with Crippen LogP contribution in [0.25, 0.3) is 0 Å². The van der Waals surface area contributed by atoms with Gasteiger partial charge in [0.05, 0.1) is 5.56 Å². The molecule has 1 aromatic rings. The molecule has 0 radical (unpaired) electrons. The van der Waals surface area contributed by atoms with E-state index in [1.807, 2.05) is 0 Å². The van der Waals surface area contributed by atoms with Crippen LogP contribution in [0.15, 0.2) is 23.1 Å². The van der Waals surface area contributed by atoms with Gasteiger partial charge in [0.1, 0.15) is 10.7 Å². The third kappa shape index (κ3) is 2.69. The molecule has 1 aromatic carbocycles. The molecule has 0 amide bonds. The summed E-state index contributed by atoms with van der Waals surface area (Å²) in [5, 5.41) is 8.88. The highest BCUT2D eigenvalue weighted by Gasteiger charge is 2.37. The van der Waals surface area contributed by atoms with Crippen molar-refractivity contribution in [1.82, 2.24) is 4.31 Å². The molecule has 0 bridgehead atoms. The van der Waals surface area contributed by atoms with Crippen molar-refractivity contribution < 1.29 is 22.7 Å². The third-order valence-electron chi connectivity index (χ3n) is 3.71. The number of nitrogens with zero attached hydrogens (tertiary/aromatic N) is 1. The van der Waals surface area contributed by atoms with E-state index >= 15 is 0 Å². The van der Waals surface area contributed by atoms with E-state index in [-0.39, 0.29) is 11.6 Å². The molecule has 1 unspecified atom stereocenters. The average Bonchev–Trinajstić information content (AvgIpc) is 3.21. The van der Waals surface area contributed by atoms with E-state index in [1.54, 1.807) is 6.92 Å². The molecule has 0 spiro atoms. The third-order valence-corrected chi connectivity index (χ3v) is 5.67. The van der Waals surface area contributed by atoms with E-state index in [1.165, 1.54) is 7.05 Å². The molecular weight excluding hydrogens is 285 g/mol. The van der Waals surface area contributed by atoms with Crippen molar-refractivity contribution in [3.8, 4) is 0 Å². The Morgan fingerprint density at radius 1 is 1.45 bits per heavy atom. The fourth-order valence-electron chi connectivity index (χ4n) is 2.08. The number of halogens is 1. The lowest BCUT2D eigenvalue weighted by Crippen LogP contribution is -2.36. The normalized spacial score (nSPS) is 17.2. The number of hydrogen-bond donors (Lipinski definition) is 1. The topological polar surface area (TPSA) is 74.7 Å². The van der Waals surface area contributed by atoms with Gasteiger partial charge in [0.2, 0.25) is 10.0 Å². The number of rotatable bonds is 5. The quantitative estimate of drug-likeness (QED) is 0.902. The highest BCUT2D eigenvalue weighted by Crippen LogP contribution is 2.36. The van der Waals surface area contributed by atoms with Crippen LogP contribution in [0.1, 0.15) is 30.1 Å². The van der Waals surface area contributed by atoms with Gasteiger partial charge >= 0.3 is 5.97 Å². The van der Waals surface area contributed by atoms with Crippen LogP contribution in [0.3, 0.4) is 0 Å². The predicted octanol–water partition coefficient (Wildman–Crippen LogP) is 1.94. The van der Waals surface area contributed by atoms with E-state index in [2.05, 4.69) is 0 Å². The van der Waals surface area contributed by atoms with Crippen molar-refractivity contribution in [3.05, 3.63) is 29.6 Å². The lowest BCUT2D eigenvalue weighted by molar-refractivity contribution is 0.0696. The van der Waals surface area contributed by atoms with E-state index in [4.69, 9.17) is 5.11 Å². The van der Waals surface area contributed by atoms with E-state index in [0.29, 0.717) is 5.92 Å². The first-order valence-corrected chi connectivity index (χ1v) is 7.70. The van der Waals surface area contributed by atoms with E-state index < -0.39 is 26.7 Å². The SMILES string of the molecule is CC(C1CC1)N(C)S(=O)(=O)c1cc(C(=O)O)ccc1F. The largest absolute Gasteiger partial charge is 0.478 e. The van der Waals surface area contributed by atoms with Crippen LogP contribution < -0.4 is 0 Å². The summed E-state index contributed by atoms with van der Waals surface area (Å²) >= 11 is 0. The maximum atomic E-state index is 13.8. The number of aromatic carboxylic acids is 1. The second-order valence-corrected chi connectivity index (χ2v) is 7.02. The molecule has 7 heteroatoms. The van der Waals surface area contributed by atoms with Crippen molar-refractivity contribution in [1.29, 1.82) is 0 Å². The maximum absolute atomic E-state index is 13.8. The minimum absolute atomic E-state index is 0.229. The first-order valence-electron chi connectivity index (χ1n) is 6.26. The fourth-order valence-corrected chi connectivity index (χ4v) is 3.59. The molecule has 1 aliphatic rings. The van der Waals surface area contributed by atoms with Crippen LogP contribution in [-0.4, -0.2) is 36.9 Å². The summed E-state index contributed by atoms with van der Waals surface area (Å²) in [4.78, 5) is 10.3. The molecule has 1 saturated carbocycles. The first kappa shape index (κ1) is 14.9. The fraction of sp³-hybridized carbons (Fsp3) is 0.462. The van der Waals surface area contributed by atoms with Crippen LogP contribution in [0.2, 0.25) is 0 Å². The lowest BCUT2D eigenvalue weighted by Gasteiger charge is -2.24. The zero-order valence-electron chi connectivity index (χ0n) is 11.2. The number of carboxylic acid groups (broad SMARTS) is 1. The number of carboxylic acids is 1. The summed E-state index contributed by atoms with van der Waals surface area (Å²) in [5.41, 5.74) is -0.252. The van der Waals surface area contributed by atoms with Crippen LogP contribution in [-0.2, 0) is 10.0 Å². The van der Waals surface area contributed by atoms with Gasteiger partial charge in [0, 0.05) is 13.1 Å².